The van der Waals surface area contributed by atoms with Gasteiger partial charge in [-0.2, -0.15) is 13.2 Å². The van der Waals surface area contributed by atoms with Crippen molar-refractivity contribution in [1.29, 1.82) is 0 Å². The average Bonchev–Trinajstić information content (AvgIpc) is 2.58. The Morgan fingerprint density at radius 2 is 1.80 bits per heavy atom. The van der Waals surface area contributed by atoms with Crippen molar-refractivity contribution in [2.45, 2.75) is 6.18 Å². The molecule has 0 atom stereocenters. The van der Waals surface area contributed by atoms with E-state index in [1.165, 1.54) is 44.6 Å². The van der Waals surface area contributed by atoms with Crippen LogP contribution in [0.4, 0.5) is 18.9 Å². The third kappa shape index (κ3) is 4.27. The van der Waals surface area contributed by atoms with Crippen LogP contribution in [0.2, 0.25) is 5.02 Å². The van der Waals surface area contributed by atoms with E-state index in [1.54, 1.807) is 0 Å². The quantitative estimate of drug-likeness (QED) is 0.772. The van der Waals surface area contributed by atoms with Gasteiger partial charge in [0.25, 0.3) is 5.91 Å². The van der Waals surface area contributed by atoms with Crippen LogP contribution >= 0.6 is 11.6 Å². The summed E-state index contributed by atoms with van der Waals surface area (Å²) in [5.41, 5.74) is 3.37. The van der Waals surface area contributed by atoms with Crippen LogP contribution < -0.4 is 20.3 Å². The van der Waals surface area contributed by atoms with E-state index >= 15 is 0 Å². The van der Waals surface area contributed by atoms with Crippen LogP contribution in [0, 0.1) is 0 Å². The van der Waals surface area contributed by atoms with Crippen LogP contribution in [-0.2, 0) is 6.18 Å². The fraction of sp³-hybridized carbons (Fsp3) is 0.188. The molecule has 0 unspecified atom stereocenters. The number of anilines is 1. The van der Waals surface area contributed by atoms with Crippen molar-refractivity contribution < 1.29 is 27.4 Å². The van der Waals surface area contributed by atoms with E-state index in [0.717, 1.165) is 6.07 Å². The topological polar surface area (TPSA) is 59.6 Å². The first-order valence-electron chi connectivity index (χ1n) is 6.92. The molecule has 0 aromatic heterocycles. The Kier molecular flexibility index (Phi) is 5.63. The number of nitrogens with one attached hydrogen (secondary N) is 2. The van der Waals surface area contributed by atoms with Gasteiger partial charge in [0.2, 0.25) is 0 Å². The van der Waals surface area contributed by atoms with Crippen LogP contribution in [0.15, 0.2) is 36.4 Å². The van der Waals surface area contributed by atoms with Gasteiger partial charge in [0.15, 0.2) is 11.5 Å². The molecular weight excluding hydrogens is 361 g/mol. The number of benzene rings is 2. The molecule has 0 aliphatic heterocycles. The molecule has 134 valence electrons. The van der Waals surface area contributed by atoms with Gasteiger partial charge in [-0.05, 0) is 24.3 Å². The molecule has 25 heavy (non-hydrogen) atoms. The van der Waals surface area contributed by atoms with Crippen LogP contribution in [0.5, 0.6) is 11.5 Å². The maximum atomic E-state index is 12.9. The lowest BCUT2D eigenvalue weighted by molar-refractivity contribution is -0.137. The lowest BCUT2D eigenvalue weighted by atomic mass is 10.1. The smallest absolute Gasteiger partial charge is 0.418 e. The highest BCUT2D eigenvalue weighted by Gasteiger charge is 2.33. The van der Waals surface area contributed by atoms with Gasteiger partial charge in [-0.1, -0.05) is 23.7 Å². The number of methoxy groups -OCH3 is 2. The highest BCUT2D eigenvalue weighted by Crippen LogP contribution is 2.36. The summed E-state index contributed by atoms with van der Waals surface area (Å²) in [4.78, 5) is 12.2. The van der Waals surface area contributed by atoms with Crippen molar-refractivity contribution in [2.75, 3.05) is 19.6 Å². The number of hydrazine groups is 1. The number of halogens is 4. The van der Waals surface area contributed by atoms with Crippen molar-refractivity contribution in [1.82, 2.24) is 5.43 Å². The van der Waals surface area contributed by atoms with E-state index < -0.39 is 17.6 Å². The van der Waals surface area contributed by atoms with Crippen LogP contribution in [0.1, 0.15) is 15.9 Å². The highest BCUT2D eigenvalue weighted by atomic mass is 35.5. The Balaban J connectivity index is 2.21. The third-order valence-electron chi connectivity index (χ3n) is 3.24. The first-order chi connectivity index (χ1) is 11.8. The van der Waals surface area contributed by atoms with Crippen LogP contribution in [-0.4, -0.2) is 20.1 Å². The first-order valence-corrected chi connectivity index (χ1v) is 7.29. The fourth-order valence-electron chi connectivity index (χ4n) is 2.08. The second kappa shape index (κ2) is 7.52. The Hall–Kier alpha value is -2.61. The van der Waals surface area contributed by atoms with Gasteiger partial charge in [-0.25, -0.2) is 0 Å². The summed E-state index contributed by atoms with van der Waals surface area (Å²) in [6.07, 6.45) is -4.55. The zero-order valence-electron chi connectivity index (χ0n) is 13.2. The van der Waals surface area contributed by atoms with Gasteiger partial charge in [0.05, 0.1) is 30.5 Å². The zero-order chi connectivity index (χ0) is 18.6. The van der Waals surface area contributed by atoms with E-state index in [2.05, 4.69) is 10.9 Å². The Bertz CT molecular complexity index is 782. The number of carbonyl (C=O) groups excluding carboxylic acids is 1. The highest BCUT2D eigenvalue weighted by molar-refractivity contribution is 6.32. The summed E-state index contributed by atoms with van der Waals surface area (Å²) in [6, 6.07) is 7.44. The fourth-order valence-corrected chi connectivity index (χ4v) is 2.37. The lowest BCUT2D eigenvalue weighted by Crippen LogP contribution is -2.30. The summed E-state index contributed by atoms with van der Waals surface area (Å²) < 4.78 is 48.9. The van der Waals surface area contributed by atoms with Gasteiger partial charge in [0.1, 0.15) is 0 Å². The van der Waals surface area contributed by atoms with Crippen molar-refractivity contribution in [3.63, 3.8) is 0 Å². The number of carbonyl (C=O) groups is 1. The number of ether oxygens (including phenoxy) is 2. The summed E-state index contributed by atoms with van der Waals surface area (Å²) in [5.74, 6) is -0.230. The maximum Gasteiger partial charge on any atom is 0.418 e. The maximum absolute atomic E-state index is 12.9. The number of rotatable bonds is 5. The normalized spacial score (nSPS) is 11.0. The Morgan fingerprint density at radius 3 is 2.40 bits per heavy atom. The minimum atomic E-state index is -4.55. The van der Waals surface area contributed by atoms with E-state index in [1.807, 2.05) is 0 Å². The molecule has 2 N–H and O–H groups in total. The van der Waals surface area contributed by atoms with Crippen LogP contribution in [0.3, 0.4) is 0 Å². The number of hydrogen-bond acceptors (Lipinski definition) is 4. The molecule has 0 bridgehead atoms. The third-order valence-corrected chi connectivity index (χ3v) is 3.52. The molecule has 2 aromatic carbocycles. The van der Waals surface area contributed by atoms with Gasteiger partial charge in [0, 0.05) is 5.56 Å². The minimum absolute atomic E-state index is 0.0830. The van der Waals surface area contributed by atoms with Gasteiger partial charge >= 0.3 is 6.18 Å². The molecule has 0 radical (unpaired) electrons. The van der Waals surface area contributed by atoms with Gasteiger partial charge in [-0.15, -0.1) is 0 Å². The summed E-state index contributed by atoms with van der Waals surface area (Å²) in [5, 5.41) is 0.127. The molecular formula is C16H14ClF3N2O3. The Labute approximate surface area is 146 Å². The Morgan fingerprint density at radius 1 is 1.12 bits per heavy atom. The molecule has 0 fully saturated rings. The van der Waals surface area contributed by atoms with E-state index in [4.69, 9.17) is 21.1 Å². The number of hydrogen-bond donors (Lipinski definition) is 2. The van der Waals surface area contributed by atoms with Gasteiger partial charge < -0.3 is 9.47 Å². The molecule has 0 saturated heterocycles. The summed E-state index contributed by atoms with van der Waals surface area (Å²) in [6.45, 7) is 0. The monoisotopic (exact) mass is 374 g/mol. The second-order valence-corrected chi connectivity index (χ2v) is 5.22. The van der Waals surface area contributed by atoms with E-state index in [-0.39, 0.29) is 27.8 Å². The lowest BCUT2D eigenvalue weighted by Gasteiger charge is -2.16. The summed E-state index contributed by atoms with van der Waals surface area (Å²) >= 11 is 6.01. The molecule has 0 saturated carbocycles. The number of alkyl halides is 3. The molecule has 2 rings (SSSR count). The molecule has 2 aromatic rings. The molecule has 0 heterocycles. The zero-order valence-corrected chi connectivity index (χ0v) is 14.0. The van der Waals surface area contributed by atoms with Crippen LogP contribution in [0.25, 0.3) is 0 Å². The van der Waals surface area contributed by atoms with Crippen molar-refractivity contribution in [3.8, 4) is 11.5 Å². The molecule has 5 nitrogen and oxygen atoms in total. The molecule has 0 aliphatic rings. The second-order valence-electron chi connectivity index (χ2n) is 4.82. The van der Waals surface area contributed by atoms with E-state index in [0.29, 0.717) is 0 Å². The minimum Gasteiger partial charge on any atom is -0.493 e. The van der Waals surface area contributed by atoms with Crippen molar-refractivity contribution in [3.05, 3.63) is 52.5 Å². The number of para-hydroxylation sites is 1. The predicted octanol–water partition coefficient (Wildman–Crippen LogP) is 4.13. The summed E-state index contributed by atoms with van der Waals surface area (Å²) in [7, 11) is 2.76. The molecule has 0 spiro atoms. The predicted molar refractivity (Wildman–Crippen MR) is 87.1 cm³/mol. The molecule has 1 amide bonds. The standard InChI is InChI=1S/C16H14ClF3N2O3/c1-24-13-8-9(7-11(17)14(13)25-2)15(23)22-21-12-6-4-3-5-10(12)16(18,19)20/h3-8,21H,1-2H3,(H,22,23). The average molecular weight is 375 g/mol. The van der Waals surface area contributed by atoms with E-state index in [9.17, 15) is 18.0 Å². The van der Waals surface area contributed by atoms with Gasteiger partial charge in [-0.3, -0.25) is 15.6 Å². The number of amides is 1. The van der Waals surface area contributed by atoms with Crippen molar-refractivity contribution in [2.24, 2.45) is 0 Å². The molecule has 0 aliphatic carbocycles. The first kappa shape index (κ1) is 18.7. The largest absolute Gasteiger partial charge is 0.493 e. The molecule has 9 heteroatoms. The van der Waals surface area contributed by atoms with Crippen molar-refractivity contribution >= 4 is 23.2 Å². The SMILES string of the molecule is COc1cc(C(=O)NNc2ccccc2C(F)(F)F)cc(Cl)c1OC.